The lowest BCUT2D eigenvalue weighted by molar-refractivity contribution is -0.149. The molecule has 0 aliphatic rings. The van der Waals surface area contributed by atoms with Crippen LogP contribution in [-0.2, 0) is 9.63 Å². The van der Waals surface area contributed by atoms with Gasteiger partial charge >= 0.3 is 5.97 Å². The molecule has 3 nitrogen and oxygen atoms in total. The minimum absolute atomic E-state index is 0.0566. The van der Waals surface area contributed by atoms with Gasteiger partial charge < -0.3 is 4.84 Å². The van der Waals surface area contributed by atoms with E-state index >= 15 is 0 Å². The summed E-state index contributed by atoms with van der Waals surface area (Å²) in [4.78, 5) is 14.4. The van der Waals surface area contributed by atoms with Crippen LogP contribution in [0.25, 0.3) is 0 Å². The number of carbonyl (C=O) groups is 1. The van der Waals surface area contributed by atoms with Gasteiger partial charge in [0.2, 0.25) is 0 Å². The lowest BCUT2D eigenvalue weighted by Crippen LogP contribution is -2.25. The average molecular weight is 116 g/mol. The van der Waals surface area contributed by atoms with Crippen molar-refractivity contribution in [2.75, 3.05) is 0 Å². The fraction of sp³-hybridized carbons (Fsp3) is 0.600. The maximum absolute atomic E-state index is 10.0. The highest BCUT2D eigenvalue weighted by Gasteiger charge is 1.93. The highest BCUT2D eigenvalue weighted by molar-refractivity contribution is 5.65. The second-order valence-corrected chi connectivity index (χ2v) is 1.61. The molecule has 0 heterocycles. The highest BCUT2D eigenvalue weighted by Crippen LogP contribution is 1.75. The maximum atomic E-state index is 10.0. The highest BCUT2D eigenvalue weighted by atomic mass is 16.7. The van der Waals surface area contributed by atoms with Crippen LogP contribution in [0.1, 0.15) is 13.8 Å². The van der Waals surface area contributed by atoms with Crippen LogP contribution >= 0.6 is 0 Å². The first-order chi connectivity index (χ1) is 3.63. The van der Waals surface area contributed by atoms with E-state index in [-0.39, 0.29) is 12.0 Å². The van der Waals surface area contributed by atoms with E-state index in [1.807, 2.05) is 0 Å². The summed E-state index contributed by atoms with van der Waals surface area (Å²) < 4.78 is 0. The molecule has 0 amide bonds. The van der Waals surface area contributed by atoms with Gasteiger partial charge in [-0.2, -0.15) is 5.48 Å². The van der Waals surface area contributed by atoms with Gasteiger partial charge in [-0.1, -0.05) is 0 Å². The molecule has 0 rings (SSSR count). The van der Waals surface area contributed by atoms with Crippen molar-refractivity contribution in [2.24, 2.45) is 0 Å². The van der Waals surface area contributed by atoms with Crippen molar-refractivity contribution in [3.05, 3.63) is 6.92 Å². The number of hydrogen-bond acceptors (Lipinski definition) is 3. The van der Waals surface area contributed by atoms with E-state index < -0.39 is 0 Å². The Bertz CT molecular complexity index is 80.5. The molecular weight excluding hydrogens is 106 g/mol. The van der Waals surface area contributed by atoms with Crippen LogP contribution in [0.5, 0.6) is 0 Å². The van der Waals surface area contributed by atoms with Crippen LogP contribution in [-0.4, -0.2) is 12.0 Å². The SMILES string of the molecule is [CH2]C(C)NOC(C)=O. The number of nitrogens with one attached hydrogen (secondary N) is 1. The second kappa shape index (κ2) is 3.43. The molecule has 1 radical (unpaired) electrons. The molecule has 0 aromatic rings. The normalized spacial score (nSPS) is 9.50. The molecule has 1 unspecified atom stereocenters. The van der Waals surface area contributed by atoms with E-state index in [2.05, 4.69) is 17.2 Å². The molecule has 0 saturated heterocycles. The molecule has 0 fully saturated rings. The van der Waals surface area contributed by atoms with Gasteiger partial charge in [-0.15, -0.1) is 0 Å². The summed E-state index contributed by atoms with van der Waals surface area (Å²) in [5.74, 6) is -0.347. The number of hydroxylamine groups is 1. The van der Waals surface area contributed by atoms with Crippen molar-refractivity contribution in [3.63, 3.8) is 0 Å². The molecule has 47 valence electrons. The molecule has 0 aromatic carbocycles. The van der Waals surface area contributed by atoms with Gasteiger partial charge in [-0.25, -0.2) is 0 Å². The Kier molecular flexibility index (Phi) is 3.19. The fourth-order valence-corrected chi connectivity index (χ4v) is 0.184. The summed E-state index contributed by atoms with van der Waals surface area (Å²) in [5, 5.41) is 0. The van der Waals surface area contributed by atoms with E-state index in [1.165, 1.54) is 6.92 Å². The van der Waals surface area contributed by atoms with Crippen molar-refractivity contribution in [1.82, 2.24) is 5.48 Å². The third-order valence-electron chi connectivity index (χ3n) is 0.404. The first kappa shape index (κ1) is 7.43. The predicted molar refractivity (Wildman–Crippen MR) is 29.7 cm³/mol. The van der Waals surface area contributed by atoms with Gasteiger partial charge in [0.1, 0.15) is 0 Å². The van der Waals surface area contributed by atoms with Gasteiger partial charge in [0.25, 0.3) is 0 Å². The van der Waals surface area contributed by atoms with Crippen molar-refractivity contribution >= 4 is 5.97 Å². The number of rotatable bonds is 2. The minimum atomic E-state index is -0.347. The molecule has 8 heavy (non-hydrogen) atoms. The topological polar surface area (TPSA) is 38.3 Å². The maximum Gasteiger partial charge on any atom is 0.321 e. The Morgan fingerprint density at radius 1 is 1.88 bits per heavy atom. The van der Waals surface area contributed by atoms with Crippen LogP contribution in [0.15, 0.2) is 0 Å². The standard InChI is InChI=1S/C5H10NO2/c1-4(2)6-8-5(3)7/h4,6H,1H2,2-3H3. The lowest BCUT2D eigenvalue weighted by atomic mass is 10.4. The van der Waals surface area contributed by atoms with Crippen LogP contribution in [0, 0.1) is 6.92 Å². The Morgan fingerprint density at radius 2 is 2.38 bits per heavy atom. The summed E-state index contributed by atoms with van der Waals surface area (Å²) in [6, 6.07) is -0.0566. The Balaban J connectivity index is 3.05. The van der Waals surface area contributed by atoms with Crippen LogP contribution in [0.4, 0.5) is 0 Å². The van der Waals surface area contributed by atoms with Crippen LogP contribution in [0.2, 0.25) is 0 Å². The van der Waals surface area contributed by atoms with E-state index in [1.54, 1.807) is 6.92 Å². The van der Waals surface area contributed by atoms with E-state index in [4.69, 9.17) is 0 Å². The van der Waals surface area contributed by atoms with E-state index in [0.717, 1.165) is 0 Å². The smallest absolute Gasteiger partial charge is 0.321 e. The van der Waals surface area contributed by atoms with Gasteiger partial charge in [-0.05, 0) is 13.8 Å². The molecule has 1 N–H and O–H groups in total. The molecule has 0 bridgehead atoms. The lowest BCUT2D eigenvalue weighted by Gasteiger charge is -2.04. The fourth-order valence-electron chi connectivity index (χ4n) is 0.184. The average Bonchev–Trinajstić information content (AvgIpc) is 1.61. The van der Waals surface area contributed by atoms with Crippen molar-refractivity contribution in [2.45, 2.75) is 19.9 Å². The van der Waals surface area contributed by atoms with Crippen molar-refractivity contribution in [1.29, 1.82) is 0 Å². The third kappa shape index (κ3) is 5.43. The van der Waals surface area contributed by atoms with Crippen LogP contribution < -0.4 is 5.48 Å². The summed E-state index contributed by atoms with van der Waals surface area (Å²) in [6.45, 7) is 6.63. The van der Waals surface area contributed by atoms with Gasteiger partial charge in [0.05, 0.1) is 0 Å². The van der Waals surface area contributed by atoms with Crippen molar-refractivity contribution < 1.29 is 9.63 Å². The number of carbonyl (C=O) groups excluding carboxylic acids is 1. The number of hydrogen-bond donors (Lipinski definition) is 1. The summed E-state index contributed by atoms with van der Waals surface area (Å²) >= 11 is 0. The molecule has 1 atom stereocenters. The molecule has 0 aromatic heterocycles. The molecule has 0 saturated carbocycles. The first-order valence-electron chi connectivity index (χ1n) is 2.39. The van der Waals surface area contributed by atoms with Gasteiger partial charge in [0, 0.05) is 13.0 Å². The summed E-state index contributed by atoms with van der Waals surface area (Å²) in [5.41, 5.74) is 2.38. The Hall–Kier alpha value is -0.570. The van der Waals surface area contributed by atoms with Crippen LogP contribution in [0.3, 0.4) is 0 Å². The first-order valence-corrected chi connectivity index (χ1v) is 2.39. The molecule has 3 heteroatoms. The third-order valence-corrected chi connectivity index (χ3v) is 0.404. The molecule has 0 aliphatic carbocycles. The monoisotopic (exact) mass is 116 g/mol. The molecular formula is C5H10NO2. The Labute approximate surface area is 49.0 Å². The van der Waals surface area contributed by atoms with Gasteiger partial charge in [-0.3, -0.25) is 4.79 Å². The zero-order chi connectivity index (χ0) is 6.57. The quantitative estimate of drug-likeness (QED) is 0.526. The van der Waals surface area contributed by atoms with E-state index in [9.17, 15) is 4.79 Å². The second-order valence-electron chi connectivity index (χ2n) is 1.61. The summed E-state index contributed by atoms with van der Waals surface area (Å²) in [6.07, 6.45) is 0. The largest absolute Gasteiger partial charge is 0.371 e. The molecule has 0 aliphatic heterocycles. The van der Waals surface area contributed by atoms with E-state index in [0.29, 0.717) is 0 Å². The zero-order valence-electron chi connectivity index (χ0n) is 5.10. The molecule has 0 spiro atoms. The minimum Gasteiger partial charge on any atom is -0.371 e. The van der Waals surface area contributed by atoms with Crippen molar-refractivity contribution in [3.8, 4) is 0 Å². The Morgan fingerprint density at radius 3 is 2.50 bits per heavy atom. The summed E-state index contributed by atoms with van der Waals surface area (Å²) in [7, 11) is 0. The predicted octanol–water partition coefficient (Wildman–Crippen LogP) is 0.277. The zero-order valence-corrected chi connectivity index (χ0v) is 5.10. The van der Waals surface area contributed by atoms with Gasteiger partial charge in [0.15, 0.2) is 0 Å².